The Balaban J connectivity index is -0.000000392. The minimum absolute atomic E-state index is 0.0628. The second-order valence-electron chi connectivity index (χ2n) is 6.43. The van der Waals surface area contributed by atoms with E-state index in [1.54, 1.807) is 0 Å². The van der Waals surface area contributed by atoms with Gasteiger partial charge in [0, 0.05) is 25.7 Å². The summed E-state index contributed by atoms with van der Waals surface area (Å²) < 4.78 is 0. The molecule has 0 bridgehead atoms. The van der Waals surface area contributed by atoms with Crippen molar-refractivity contribution in [2.24, 2.45) is 0 Å². The van der Waals surface area contributed by atoms with Crippen LogP contribution in [0.2, 0.25) is 0 Å². The van der Waals surface area contributed by atoms with Gasteiger partial charge in [-0.15, -0.1) is 0 Å². The van der Waals surface area contributed by atoms with Crippen LogP contribution in [0.1, 0.15) is 84.0 Å². The van der Waals surface area contributed by atoms with Crippen molar-refractivity contribution >= 4 is 23.9 Å². The first-order valence-electron chi connectivity index (χ1n) is 9.69. The molecular weight excluding hydrogens is 388 g/mol. The fraction of sp³-hybridized carbons (Fsp3) is 0.789. The average Bonchev–Trinajstić information content (AvgIpc) is 2.61. The molecule has 0 aromatic carbocycles. The minimum Gasteiger partial charge on any atom is -0.481 e. The third-order valence-electron chi connectivity index (χ3n) is 3.33. The molecule has 0 heterocycles. The van der Waals surface area contributed by atoms with E-state index in [1.165, 1.54) is 6.92 Å². The predicted octanol–water partition coefficient (Wildman–Crippen LogP) is 2.35. The van der Waals surface area contributed by atoms with Crippen LogP contribution in [0.4, 0.5) is 0 Å². The Morgan fingerprint density at radius 2 is 0.724 bits per heavy atom. The molecule has 0 aliphatic rings. The fourth-order valence-corrected chi connectivity index (χ4v) is 1.81. The van der Waals surface area contributed by atoms with Crippen LogP contribution in [0, 0.1) is 0 Å². The number of carbonyl (C=O) groups is 4. The Labute approximate surface area is 171 Å². The van der Waals surface area contributed by atoms with Crippen molar-refractivity contribution in [1.82, 2.24) is 0 Å². The number of aliphatic carboxylic acids is 4. The summed E-state index contributed by atoms with van der Waals surface area (Å²) in [6.07, 6.45) is 6.28. The smallest absolute Gasteiger partial charge is 0.303 e. The zero-order valence-corrected chi connectivity index (χ0v) is 17.1. The van der Waals surface area contributed by atoms with Crippen LogP contribution in [0.5, 0.6) is 0 Å². The molecule has 0 radical (unpaired) electrons. The SMILES string of the molecule is CC(O)CO.O=C(O)CCCCC(=O)O.O=C(O)CCCCCCCCC(=O)O. The molecule has 0 rings (SSSR count). The van der Waals surface area contributed by atoms with Gasteiger partial charge in [-0.1, -0.05) is 25.7 Å². The summed E-state index contributed by atoms with van der Waals surface area (Å²) >= 11 is 0. The summed E-state index contributed by atoms with van der Waals surface area (Å²) in [5.41, 5.74) is 0. The lowest BCUT2D eigenvalue weighted by atomic mass is 10.1. The maximum Gasteiger partial charge on any atom is 0.303 e. The molecule has 0 aliphatic heterocycles. The average molecular weight is 424 g/mol. The van der Waals surface area contributed by atoms with Crippen LogP contribution in [-0.4, -0.2) is 67.2 Å². The summed E-state index contributed by atoms with van der Waals surface area (Å²) in [7, 11) is 0. The van der Waals surface area contributed by atoms with Crippen molar-refractivity contribution in [2.45, 2.75) is 90.1 Å². The van der Waals surface area contributed by atoms with E-state index in [1.807, 2.05) is 0 Å². The zero-order chi connectivity index (χ0) is 23.1. The monoisotopic (exact) mass is 424 g/mol. The van der Waals surface area contributed by atoms with Crippen molar-refractivity contribution in [3.63, 3.8) is 0 Å². The van der Waals surface area contributed by atoms with Crippen molar-refractivity contribution in [3.05, 3.63) is 0 Å². The van der Waals surface area contributed by atoms with Gasteiger partial charge in [-0.05, 0) is 32.6 Å². The van der Waals surface area contributed by atoms with Gasteiger partial charge in [0.05, 0.1) is 12.7 Å². The molecule has 1 unspecified atom stereocenters. The summed E-state index contributed by atoms with van der Waals surface area (Å²) in [4.78, 5) is 40.1. The van der Waals surface area contributed by atoms with Gasteiger partial charge in [-0.3, -0.25) is 19.2 Å². The van der Waals surface area contributed by atoms with Gasteiger partial charge in [0.25, 0.3) is 0 Å². The Kier molecular flexibility index (Phi) is 25.9. The first kappa shape index (κ1) is 31.5. The molecule has 29 heavy (non-hydrogen) atoms. The Morgan fingerprint density at radius 3 is 0.897 bits per heavy atom. The second kappa shape index (κ2) is 23.8. The van der Waals surface area contributed by atoms with Crippen LogP contribution in [0.15, 0.2) is 0 Å². The molecule has 0 amide bonds. The number of hydrogen-bond acceptors (Lipinski definition) is 6. The van der Waals surface area contributed by atoms with E-state index in [9.17, 15) is 19.2 Å². The predicted molar refractivity (Wildman–Crippen MR) is 105 cm³/mol. The first-order chi connectivity index (χ1) is 13.5. The normalized spacial score (nSPS) is 10.6. The number of carboxylic acids is 4. The molecular formula is C19H36O10. The van der Waals surface area contributed by atoms with Gasteiger partial charge in [-0.25, -0.2) is 0 Å². The van der Waals surface area contributed by atoms with E-state index in [4.69, 9.17) is 30.6 Å². The van der Waals surface area contributed by atoms with Gasteiger partial charge in [0.1, 0.15) is 0 Å². The molecule has 0 saturated heterocycles. The fourth-order valence-electron chi connectivity index (χ4n) is 1.81. The van der Waals surface area contributed by atoms with E-state index < -0.39 is 30.0 Å². The van der Waals surface area contributed by atoms with Crippen LogP contribution < -0.4 is 0 Å². The highest BCUT2D eigenvalue weighted by atomic mass is 16.4. The molecule has 0 saturated carbocycles. The number of aliphatic hydroxyl groups excluding tert-OH is 2. The van der Waals surface area contributed by atoms with E-state index in [0.717, 1.165) is 38.5 Å². The summed E-state index contributed by atoms with van der Waals surface area (Å²) in [5.74, 6) is -3.22. The molecule has 0 fully saturated rings. The van der Waals surface area contributed by atoms with Crippen molar-refractivity contribution in [2.75, 3.05) is 6.61 Å². The Hall–Kier alpha value is -2.20. The van der Waals surface area contributed by atoms with Crippen molar-refractivity contribution < 1.29 is 49.8 Å². The summed E-state index contributed by atoms with van der Waals surface area (Å²) in [5, 5.41) is 49.0. The van der Waals surface area contributed by atoms with Gasteiger partial charge in [-0.2, -0.15) is 0 Å². The lowest BCUT2D eigenvalue weighted by molar-refractivity contribution is -0.139. The highest BCUT2D eigenvalue weighted by molar-refractivity contribution is 5.68. The largest absolute Gasteiger partial charge is 0.481 e. The number of unbranched alkanes of at least 4 members (excludes halogenated alkanes) is 6. The zero-order valence-electron chi connectivity index (χ0n) is 17.1. The first-order valence-corrected chi connectivity index (χ1v) is 9.69. The van der Waals surface area contributed by atoms with Gasteiger partial charge in [0.15, 0.2) is 0 Å². The Morgan fingerprint density at radius 1 is 0.552 bits per heavy atom. The van der Waals surface area contributed by atoms with Gasteiger partial charge >= 0.3 is 23.9 Å². The molecule has 10 nitrogen and oxygen atoms in total. The molecule has 10 heteroatoms. The lowest BCUT2D eigenvalue weighted by Gasteiger charge is -1.98. The maximum atomic E-state index is 10.1. The third kappa shape index (κ3) is 46.1. The van der Waals surface area contributed by atoms with Crippen LogP contribution in [-0.2, 0) is 19.2 Å². The number of aliphatic hydroxyl groups is 2. The van der Waals surface area contributed by atoms with Crippen molar-refractivity contribution in [3.8, 4) is 0 Å². The lowest BCUT2D eigenvalue weighted by Crippen LogP contribution is -2.03. The minimum atomic E-state index is -0.870. The molecule has 0 aliphatic carbocycles. The molecule has 0 spiro atoms. The maximum absolute atomic E-state index is 10.1. The van der Waals surface area contributed by atoms with Gasteiger partial charge < -0.3 is 30.6 Å². The standard InChI is InChI=1S/C10H18O4.C6H10O4.C3H8O2/c11-9(12)7-5-3-1-2-4-6-8-10(13)14;7-5(8)3-1-2-4-6(9)10;1-3(5)2-4/h1-8H2,(H,11,12)(H,13,14);1-4H2,(H,7,8)(H,9,10);3-5H,2H2,1H3. The summed E-state index contributed by atoms with van der Waals surface area (Å²) in [6.45, 7) is 1.39. The number of carboxylic acid groups (broad SMARTS) is 4. The third-order valence-corrected chi connectivity index (χ3v) is 3.33. The number of hydrogen-bond donors (Lipinski definition) is 6. The molecule has 1 atom stereocenters. The Bertz CT molecular complexity index is 399. The molecule has 0 aromatic heterocycles. The van der Waals surface area contributed by atoms with Crippen LogP contribution in [0.3, 0.4) is 0 Å². The second-order valence-corrected chi connectivity index (χ2v) is 6.43. The number of rotatable bonds is 15. The molecule has 172 valence electrons. The quantitative estimate of drug-likeness (QED) is 0.213. The molecule has 6 N–H and O–H groups in total. The van der Waals surface area contributed by atoms with E-state index in [0.29, 0.717) is 12.8 Å². The highest BCUT2D eigenvalue weighted by Crippen LogP contribution is 2.08. The van der Waals surface area contributed by atoms with Crippen molar-refractivity contribution in [1.29, 1.82) is 0 Å². The van der Waals surface area contributed by atoms with Gasteiger partial charge in [0.2, 0.25) is 0 Å². The van der Waals surface area contributed by atoms with E-state index in [2.05, 4.69) is 0 Å². The van der Waals surface area contributed by atoms with Crippen LogP contribution in [0.25, 0.3) is 0 Å². The van der Waals surface area contributed by atoms with E-state index in [-0.39, 0.29) is 32.3 Å². The highest BCUT2D eigenvalue weighted by Gasteiger charge is 1.99. The van der Waals surface area contributed by atoms with Crippen LogP contribution >= 0.6 is 0 Å². The topological polar surface area (TPSA) is 190 Å². The van der Waals surface area contributed by atoms with E-state index >= 15 is 0 Å². The summed E-state index contributed by atoms with van der Waals surface area (Å²) in [6, 6.07) is 0. The molecule has 0 aromatic rings.